The average molecular weight is 236 g/mol. The molecule has 1 amide bonds. The second-order valence-corrected chi connectivity index (χ2v) is 5.06. The molecule has 1 N–H and O–H groups in total. The van der Waals surface area contributed by atoms with Crippen LogP contribution in [0.3, 0.4) is 0 Å². The Morgan fingerprint density at radius 2 is 2.56 bits per heavy atom. The van der Waals surface area contributed by atoms with Crippen LogP contribution < -0.4 is 5.32 Å². The lowest BCUT2D eigenvalue weighted by molar-refractivity contribution is -0.118. The minimum absolute atomic E-state index is 0.0303. The number of thiazole rings is 1. The molecule has 0 spiro atoms. The van der Waals surface area contributed by atoms with Gasteiger partial charge in [-0.3, -0.25) is 4.79 Å². The Balaban J connectivity index is 1.95. The fourth-order valence-electron chi connectivity index (χ4n) is 1.76. The SMILES string of the molecule is CCc1cnc(NC(=O)C2C=CCCC2)s1. The highest BCUT2D eigenvalue weighted by molar-refractivity contribution is 7.15. The summed E-state index contributed by atoms with van der Waals surface area (Å²) in [7, 11) is 0. The molecule has 1 atom stereocenters. The van der Waals surface area contributed by atoms with Crippen molar-refractivity contribution in [3.63, 3.8) is 0 Å². The van der Waals surface area contributed by atoms with Gasteiger partial charge < -0.3 is 5.32 Å². The van der Waals surface area contributed by atoms with Gasteiger partial charge in [0.2, 0.25) is 5.91 Å². The van der Waals surface area contributed by atoms with Gasteiger partial charge in [0.25, 0.3) is 0 Å². The zero-order valence-corrected chi connectivity index (χ0v) is 10.2. The number of amides is 1. The lowest BCUT2D eigenvalue weighted by atomic mass is 9.95. The quantitative estimate of drug-likeness (QED) is 0.820. The fraction of sp³-hybridized carbons (Fsp3) is 0.500. The van der Waals surface area contributed by atoms with Gasteiger partial charge in [-0.25, -0.2) is 4.98 Å². The lowest BCUT2D eigenvalue weighted by Gasteiger charge is -2.14. The normalized spacial score (nSPS) is 19.7. The molecular formula is C12H16N2OS. The van der Waals surface area contributed by atoms with Crippen molar-refractivity contribution in [3.05, 3.63) is 23.2 Å². The monoisotopic (exact) mass is 236 g/mol. The topological polar surface area (TPSA) is 42.0 Å². The molecular weight excluding hydrogens is 220 g/mol. The van der Waals surface area contributed by atoms with E-state index in [1.165, 1.54) is 4.88 Å². The minimum Gasteiger partial charge on any atom is -0.301 e. The summed E-state index contributed by atoms with van der Waals surface area (Å²) in [6.45, 7) is 2.09. The Hall–Kier alpha value is -1.16. The van der Waals surface area contributed by atoms with Gasteiger partial charge in [0.15, 0.2) is 5.13 Å². The van der Waals surface area contributed by atoms with Crippen molar-refractivity contribution in [2.75, 3.05) is 5.32 Å². The number of carbonyl (C=O) groups is 1. The van der Waals surface area contributed by atoms with Gasteiger partial charge in [-0.1, -0.05) is 19.1 Å². The van der Waals surface area contributed by atoms with Gasteiger partial charge in [0.1, 0.15) is 0 Å². The van der Waals surface area contributed by atoms with E-state index < -0.39 is 0 Å². The minimum atomic E-state index is 0.0303. The molecule has 2 rings (SSSR count). The second-order valence-electron chi connectivity index (χ2n) is 3.94. The van der Waals surface area contributed by atoms with E-state index in [9.17, 15) is 4.79 Å². The zero-order chi connectivity index (χ0) is 11.4. The van der Waals surface area contributed by atoms with E-state index in [2.05, 4.69) is 23.3 Å². The summed E-state index contributed by atoms with van der Waals surface area (Å²) in [6.07, 6.45) is 10.1. The van der Waals surface area contributed by atoms with Crippen LogP contribution in [0.5, 0.6) is 0 Å². The largest absolute Gasteiger partial charge is 0.301 e. The second kappa shape index (κ2) is 5.25. The van der Waals surface area contributed by atoms with Crippen LogP contribution in [-0.2, 0) is 11.2 Å². The van der Waals surface area contributed by atoms with Gasteiger partial charge in [-0.2, -0.15) is 0 Å². The van der Waals surface area contributed by atoms with Crippen LogP contribution in [0.1, 0.15) is 31.1 Å². The van der Waals surface area contributed by atoms with Crippen molar-refractivity contribution in [1.29, 1.82) is 0 Å². The van der Waals surface area contributed by atoms with Crippen molar-refractivity contribution in [2.24, 2.45) is 5.92 Å². The first kappa shape index (κ1) is 11.3. The third-order valence-corrected chi connectivity index (χ3v) is 3.78. The van der Waals surface area contributed by atoms with Crippen molar-refractivity contribution >= 4 is 22.4 Å². The first-order valence-electron chi connectivity index (χ1n) is 5.72. The van der Waals surface area contributed by atoms with Crippen molar-refractivity contribution in [1.82, 2.24) is 4.98 Å². The third kappa shape index (κ3) is 2.70. The molecule has 1 unspecified atom stereocenters. The summed E-state index contributed by atoms with van der Waals surface area (Å²) in [5, 5.41) is 3.61. The summed E-state index contributed by atoms with van der Waals surface area (Å²) in [4.78, 5) is 17.3. The Labute approximate surface area is 99.6 Å². The zero-order valence-electron chi connectivity index (χ0n) is 9.40. The van der Waals surface area contributed by atoms with Crippen LogP contribution in [-0.4, -0.2) is 10.9 Å². The molecule has 1 aliphatic carbocycles. The summed E-state index contributed by atoms with van der Waals surface area (Å²) < 4.78 is 0. The first-order valence-corrected chi connectivity index (χ1v) is 6.53. The molecule has 3 nitrogen and oxygen atoms in total. The highest BCUT2D eigenvalue weighted by atomic mass is 32.1. The Kier molecular flexibility index (Phi) is 3.72. The van der Waals surface area contributed by atoms with E-state index in [4.69, 9.17) is 0 Å². The molecule has 1 aromatic rings. The molecule has 0 radical (unpaired) electrons. The van der Waals surface area contributed by atoms with Gasteiger partial charge in [-0.05, 0) is 25.7 Å². The number of nitrogens with one attached hydrogen (secondary N) is 1. The number of aryl methyl sites for hydroxylation is 1. The molecule has 0 saturated carbocycles. The number of carbonyl (C=O) groups excluding carboxylic acids is 1. The maximum absolute atomic E-state index is 11.9. The summed E-state index contributed by atoms with van der Waals surface area (Å²) in [5.74, 6) is 0.107. The van der Waals surface area contributed by atoms with Crippen molar-refractivity contribution < 1.29 is 4.79 Å². The molecule has 1 aliphatic rings. The number of aromatic nitrogens is 1. The molecule has 0 bridgehead atoms. The number of rotatable bonds is 3. The van der Waals surface area contributed by atoms with Crippen LogP contribution in [0.4, 0.5) is 5.13 Å². The fourth-order valence-corrected chi connectivity index (χ4v) is 2.51. The van der Waals surface area contributed by atoms with Gasteiger partial charge in [0.05, 0.1) is 5.92 Å². The van der Waals surface area contributed by atoms with Crippen LogP contribution in [0, 0.1) is 5.92 Å². The highest BCUT2D eigenvalue weighted by Crippen LogP contribution is 2.22. The third-order valence-electron chi connectivity index (χ3n) is 2.72. The smallest absolute Gasteiger partial charge is 0.233 e. The van der Waals surface area contributed by atoms with E-state index in [1.807, 2.05) is 12.3 Å². The molecule has 1 aromatic heterocycles. The van der Waals surface area contributed by atoms with Crippen LogP contribution >= 0.6 is 11.3 Å². The molecule has 0 aliphatic heterocycles. The van der Waals surface area contributed by atoms with Gasteiger partial charge in [-0.15, -0.1) is 11.3 Å². The standard InChI is InChI=1S/C12H16N2OS/c1-2-10-8-13-12(16-10)14-11(15)9-6-4-3-5-7-9/h4,6,8-9H,2-3,5,7H2,1H3,(H,13,14,15). The van der Waals surface area contributed by atoms with Crippen LogP contribution in [0.25, 0.3) is 0 Å². The Morgan fingerprint density at radius 1 is 1.69 bits per heavy atom. The molecule has 0 fully saturated rings. The van der Waals surface area contributed by atoms with Gasteiger partial charge in [0, 0.05) is 11.1 Å². The van der Waals surface area contributed by atoms with E-state index in [0.29, 0.717) is 0 Å². The first-order chi connectivity index (χ1) is 7.79. The predicted octanol–water partition coefficient (Wildman–Crippen LogP) is 3.00. The summed E-state index contributed by atoms with van der Waals surface area (Å²) in [6, 6.07) is 0. The van der Waals surface area contributed by atoms with Gasteiger partial charge >= 0.3 is 0 Å². The summed E-state index contributed by atoms with van der Waals surface area (Å²) in [5.41, 5.74) is 0. The number of allylic oxidation sites excluding steroid dienone is 1. The number of hydrogen-bond donors (Lipinski definition) is 1. The highest BCUT2D eigenvalue weighted by Gasteiger charge is 2.18. The van der Waals surface area contributed by atoms with Crippen LogP contribution in [0.2, 0.25) is 0 Å². The van der Waals surface area contributed by atoms with Crippen LogP contribution in [0.15, 0.2) is 18.3 Å². The number of hydrogen-bond acceptors (Lipinski definition) is 3. The van der Waals surface area contributed by atoms with Crippen molar-refractivity contribution in [3.8, 4) is 0 Å². The summed E-state index contributed by atoms with van der Waals surface area (Å²) >= 11 is 1.56. The lowest BCUT2D eigenvalue weighted by Crippen LogP contribution is -2.22. The molecule has 86 valence electrons. The number of anilines is 1. The number of nitrogens with zero attached hydrogens (tertiary/aromatic N) is 1. The maximum Gasteiger partial charge on any atom is 0.233 e. The predicted molar refractivity (Wildman–Crippen MR) is 66.6 cm³/mol. The van der Waals surface area contributed by atoms with Crippen molar-refractivity contribution in [2.45, 2.75) is 32.6 Å². The van der Waals surface area contributed by atoms with E-state index >= 15 is 0 Å². The Bertz CT molecular complexity index is 397. The van der Waals surface area contributed by atoms with E-state index in [1.54, 1.807) is 11.3 Å². The molecule has 4 heteroatoms. The average Bonchev–Trinajstić information content (AvgIpc) is 2.78. The maximum atomic E-state index is 11.9. The molecule has 0 saturated heterocycles. The van der Waals surface area contributed by atoms with E-state index in [-0.39, 0.29) is 11.8 Å². The Morgan fingerprint density at radius 3 is 3.19 bits per heavy atom. The molecule has 16 heavy (non-hydrogen) atoms. The molecule has 1 heterocycles. The van der Waals surface area contributed by atoms with E-state index in [0.717, 1.165) is 30.8 Å². The molecule has 0 aromatic carbocycles.